The third kappa shape index (κ3) is 6.88. The summed E-state index contributed by atoms with van der Waals surface area (Å²) in [5.41, 5.74) is -0.0201. The molecule has 0 saturated carbocycles. The summed E-state index contributed by atoms with van der Waals surface area (Å²) in [6.45, 7) is 2.86. The van der Waals surface area contributed by atoms with Gasteiger partial charge in [-0.25, -0.2) is 0 Å². The fourth-order valence-electron chi connectivity index (χ4n) is 5.03. The normalized spacial score (nSPS) is 13.9. The highest BCUT2D eigenvalue weighted by atomic mass is 16.5. The van der Waals surface area contributed by atoms with E-state index in [2.05, 4.69) is 0 Å². The van der Waals surface area contributed by atoms with E-state index in [0.29, 0.717) is 43.1 Å². The first kappa shape index (κ1) is 28.0. The van der Waals surface area contributed by atoms with Gasteiger partial charge in [0.05, 0.1) is 25.2 Å². The van der Waals surface area contributed by atoms with Gasteiger partial charge >= 0.3 is 11.9 Å². The van der Waals surface area contributed by atoms with Crippen LogP contribution in [0.3, 0.4) is 0 Å². The average Bonchev–Trinajstić information content (AvgIpc) is 2.92. The lowest BCUT2D eigenvalue weighted by Gasteiger charge is -2.39. The van der Waals surface area contributed by atoms with Crippen molar-refractivity contribution < 1.29 is 38.8 Å². The van der Waals surface area contributed by atoms with E-state index in [1.54, 1.807) is 12.1 Å². The van der Waals surface area contributed by atoms with Crippen LogP contribution in [0, 0.1) is 0 Å². The van der Waals surface area contributed by atoms with Crippen molar-refractivity contribution in [2.45, 2.75) is 63.9 Å². The summed E-state index contributed by atoms with van der Waals surface area (Å²) < 4.78 is 18.5. The zero-order chi connectivity index (χ0) is 27.8. The molecule has 1 aliphatic heterocycles. The number of rotatable bonds is 14. The van der Waals surface area contributed by atoms with E-state index in [1.165, 1.54) is 0 Å². The number of aliphatic carboxylic acids is 2. The predicted octanol–water partition coefficient (Wildman–Crippen LogP) is 6.07. The van der Waals surface area contributed by atoms with Gasteiger partial charge in [0.1, 0.15) is 22.8 Å². The topological polar surface area (TPSA) is 119 Å². The Hall–Kier alpha value is -4.07. The Labute approximate surface area is 227 Å². The number of fused-ring (bicyclic) bond motifs is 2. The number of ether oxygens (including phenoxy) is 3. The average molecular weight is 535 g/mol. The molecular formula is C31H34O8. The summed E-state index contributed by atoms with van der Waals surface area (Å²) in [6, 6.07) is 17.5. The lowest BCUT2D eigenvalue weighted by molar-refractivity contribution is -0.139. The Bertz CT molecular complexity index is 1320. The molecule has 1 heterocycles. The van der Waals surface area contributed by atoms with Crippen molar-refractivity contribution in [2.75, 3.05) is 13.2 Å². The van der Waals surface area contributed by atoms with Crippen LogP contribution in [-0.4, -0.2) is 46.7 Å². The third-order valence-electron chi connectivity index (χ3n) is 6.96. The molecule has 8 heteroatoms. The van der Waals surface area contributed by atoms with Gasteiger partial charge in [0.15, 0.2) is 5.78 Å². The number of ketones is 1. The monoisotopic (exact) mass is 534 g/mol. The van der Waals surface area contributed by atoms with Crippen LogP contribution in [0.2, 0.25) is 0 Å². The van der Waals surface area contributed by atoms with E-state index in [9.17, 15) is 24.6 Å². The minimum absolute atomic E-state index is 0.0446. The molecule has 206 valence electrons. The van der Waals surface area contributed by atoms with Crippen LogP contribution in [-0.2, 0) is 16.0 Å². The Morgan fingerprint density at radius 3 is 2.26 bits per heavy atom. The van der Waals surface area contributed by atoms with Crippen LogP contribution in [0.15, 0.2) is 54.6 Å². The lowest BCUT2D eigenvalue weighted by atomic mass is 9.82. The highest BCUT2D eigenvalue weighted by molar-refractivity contribution is 6.01. The molecule has 4 rings (SSSR count). The number of hydrogen-bond acceptors (Lipinski definition) is 6. The van der Waals surface area contributed by atoms with Crippen molar-refractivity contribution in [3.63, 3.8) is 0 Å². The Kier molecular flexibility index (Phi) is 9.07. The van der Waals surface area contributed by atoms with Gasteiger partial charge in [-0.15, -0.1) is 0 Å². The van der Waals surface area contributed by atoms with Crippen LogP contribution in [0.4, 0.5) is 0 Å². The molecule has 0 unspecified atom stereocenters. The van der Waals surface area contributed by atoms with E-state index in [1.807, 2.05) is 49.4 Å². The largest absolute Gasteiger partial charge is 0.493 e. The zero-order valence-corrected chi connectivity index (χ0v) is 22.1. The summed E-state index contributed by atoms with van der Waals surface area (Å²) in [6.07, 6.45) is 1.57. The second kappa shape index (κ2) is 12.7. The standard InChI is InChI=1S/C31H34O8/c1-2-7-24-27(38-19-6-18-37-26-11-5-9-21-8-3-4-10-22(21)26)13-12-23-25(32)20-31(39-30(23)24,16-14-28(33)34)17-15-29(35)36/h3-5,8-13H,2,6-7,14-20H2,1H3,(H,33,34)(H,35,36). The number of Topliss-reactive ketones (excluding diaryl/α,β-unsaturated/α-hetero) is 1. The van der Waals surface area contributed by atoms with Gasteiger partial charge < -0.3 is 24.4 Å². The summed E-state index contributed by atoms with van der Waals surface area (Å²) in [5.74, 6) is -0.431. The number of carboxylic acids is 2. The van der Waals surface area contributed by atoms with Crippen LogP contribution in [0.1, 0.15) is 67.8 Å². The molecule has 0 radical (unpaired) electrons. The lowest BCUT2D eigenvalue weighted by Crippen LogP contribution is -2.43. The molecule has 0 fully saturated rings. The van der Waals surface area contributed by atoms with Gasteiger partial charge in [0.2, 0.25) is 0 Å². The predicted molar refractivity (Wildman–Crippen MR) is 146 cm³/mol. The van der Waals surface area contributed by atoms with Crippen LogP contribution in [0.25, 0.3) is 10.8 Å². The first-order chi connectivity index (χ1) is 18.8. The second-order valence-electron chi connectivity index (χ2n) is 9.87. The first-order valence-electron chi connectivity index (χ1n) is 13.4. The molecule has 0 aromatic heterocycles. The van der Waals surface area contributed by atoms with E-state index in [4.69, 9.17) is 14.2 Å². The maximum atomic E-state index is 13.2. The Morgan fingerprint density at radius 1 is 0.897 bits per heavy atom. The number of carbonyl (C=O) groups is 3. The van der Waals surface area contributed by atoms with Crippen molar-refractivity contribution >= 4 is 28.5 Å². The highest BCUT2D eigenvalue weighted by Gasteiger charge is 2.42. The molecule has 0 bridgehead atoms. The third-order valence-corrected chi connectivity index (χ3v) is 6.96. The molecule has 0 aliphatic carbocycles. The first-order valence-corrected chi connectivity index (χ1v) is 13.4. The van der Waals surface area contributed by atoms with Crippen LogP contribution in [0.5, 0.6) is 17.2 Å². The van der Waals surface area contributed by atoms with Gasteiger partial charge in [-0.3, -0.25) is 14.4 Å². The fourth-order valence-corrected chi connectivity index (χ4v) is 5.03. The molecule has 2 N–H and O–H groups in total. The molecule has 1 aliphatic rings. The van der Waals surface area contributed by atoms with E-state index < -0.39 is 17.5 Å². The maximum absolute atomic E-state index is 13.2. The SMILES string of the molecule is CCCc1c(OCCCOc2cccc3ccccc23)ccc2c1OC(CCC(=O)O)(CCC(=O)O)CC2=O. The molecular weight excluding hydrogens is 500 g/mol. The van der Waals surface area contributed by atoms with Crippen molar-refractivity contribution in [3.05, 3.63) is 65.7 Å². The van der Waals surface area contributed by atoms with Crippen LogP contribution < -0.4 is 14.2 Å². The highest BCUT2D eigenvalue weighted by Crippen LogP contribution is 2.44. The van der Waals surface area contributed by atoms with Gasteiger partial charge in [-0.2, -0.15) is 0 Å². The molecule has 8 nitrogen and oxygen atoms in total. The zero-order valence-electron chi connectivity index (χ0n) is 22.1. The van der Waals surface area contributed by atoms with Crippen molar-refractivity contribution in [2.24, 2.45) is 0 Å². The van der Waals surface area contributed by atoms with Crippen molar-refractivity contribution in [1.82, 2.24) is 0 Å². The maximum Gasteiger partial charge on any atom is 0.303 e. The quantitative estimate of drug-likeness (QED) is 0.239. The molecule has 3 aromatic rings. The molecule has 39 heavy (non-hydrogen) atoms. The minimum atomic E-state index is -1.19. The molecule has 0 atom stereocenters. The Morgan fingerprint density at radius 2 is 1.56 bits per heavy atom. The number of carbonyl (C=O) groups excluding carboxylic acids is 1. The number of hydrogen-bond donors (Lipinski definition) is 2. The summed E-state index contributed by atoms with van der Waals surface area (Å²) in [5, 5.41) is 20.7. The summed E-state index contributed by atoms with van der Waals surface area (Å²) in [4.78, 5) is 35.8. The Balaban J connectivity index is 1.48. The number of benzene rings is 3. The number of carboxylic acid groups (broad SMARTS) is 2. The smallest absolute Gasteiger partial charge is 0.303 e. The van der Waals surface area contributed by atoms with Gasteiger partial charge in [-0.05, 0) is 42.8 Å². The van der Waals surface area contributed by atoms with Gasteiger partial charge in [-0.1, -0.05) is 49.7 Å². The molecule has 0 saturated heterocycles. The van der Waals surface area contributed by atoms with E-state index in [-0.39, 0.29) is 37.9 Å². The summed E-state index contributed by atoms with van der Waals surface area (Å²) in [7, 11) is 0. The summed E-state index contributed by atoms with van der Waals surface area (Å²) >= 11 is 0. The fraction of sp³-hybridized carbons (Fsp3) is 0.387. The van der Waals surface area contributed by atoms with Gasteiger partial charge in [0.25, 0.3) is 0 Å². The molecule has 0 spiro atoms. The van der Waals surface area contributed by atoms with Gasteiger partial charge in [0, 0.05) is 30.2 Å². The minimum Gasteiger partial charge on any atom is -0.493 e. The van der Waals surface area contributed by atoms with E-state index >= 15 is 0 Å². The van der Waals surface area contributed by atoms with E-state index in [0.717, 1.165) is 28.5 Å². The second-order valence-corrected chi connectivity index (χ2v) is 9.87. The van der Waals surface area contributed by atoms with Crippen molar-refractivity contribution in [3.8, 4) is 17.2 Å². The van der Waals surface area contributed by atoms with Crippen molar-refractivity contribution in [1.29, 1.82) is 0 Å². The molecule has 3 aromatic carbocycles. The molecule has 0 amide bonds. The van der Waals surface area contributed by atoms with Crippen LogP contribution >= 0.6 is 0 Å².